The fourth-order valence-electron chi connectivity index (χ4n) is 2.69. The first kappa shape index (κ1) is 27.1. The summed E-state index contributed by atoms with van der Waals surface area (Å²) in [5.41, 5.74) is 2.16. The molecule has 0 atom stereocenters. The third-order valence-corrected chi connectivity index (χ3v) is 4.59. The number of guanidine groups is 1. The molecule has 0 aliphatic carbocycles. The van der Waals surface area contributed by atoms with Crippen LogP contribution >= 0.6 is 24.0 Å². The normalized spacial score (nSPS) is 11.2. The Kier molecular flexibility index (Phi) is 13.1. The van der Waals surface area contributed by atoms with E-state index in [1.54, 1.807) is 14.2 Å². The summed E-state index contributed by atoms with van der Waals surface area (Å²) in [6.07, 6.45) is 0.885. The van der Waals surface area contributed by atoms with Crippen molar-refractivity contribution >= 4 is 29.9 Å². The molecule has 9 nitrogen and oxygen atoms in total. The van der Waals surface area contributed by atoms with E-state index in [0.29, 0.717) is 38.9 Å². The summed E-state index contributed by atoms with van der Waals surface area (Å²) in [5, 5.41) is 15.0. The van der Waals surface area contributed by atoms with Crippen molar-refractivity contribution in [3.8, 4) is 5.75 Å². The van der Waals surface area contributed by atoms with Crippen molar-refractivity contribution in [2.75, 3.05) is 40.6 Å². The third-order valence-electron chi connectivity index (χ3n) is 4.59. The molecular weight excluding hydrogens is 511 g/mol. The van der Waals surface area contributed by atoms with Crippen molar-refractivity contribution in [1.82, 2.24) is 25.4 Å². The van der Waals surface area contributed by atoms with E-state index < -0.39 is 0 Å². The van der Waals surface area contributed by atoms with Gasteiger partial charge in [-0.15, -0.1) is 34.2 Å². The molecule has 0 amide bonds. The summed E-state index contributed by atoms with van der Waals surface area (Å²) < 4.78 is 18.0. The number of benzene rings is 1. The van der Waals surface area contributed by atoms with Crippen LogP contribution < -0.4 is 15.4 Å². The second kappa shape index (κ2) is 15.0. The molecule has 2 aromatic rings. The van der Waals surface area contributed by atoms with Crippen molar-refractivity contribution < 1.29 is 14.2 Å². The van der Waals surface area contributed by atoms with Crippen molar-refractivity contribution in [2.24, 2.45) is 12.0 Å². The molecule has 0 radical (unpaired) electrons. The molecule has 2 N–H and O–H groups in total. The molecule has 0 fully saturated rings. The maximum atomic E-state index is 5.88. The minimum atomic E-state index is 0. The number of aliphatic imine (C=N–C) groups is 1. The third kappa shape index (κ3) is 9.40. The lowest BCUT2D eigenvalue weighted by molar-refractivity contribution is 0.145. The maximum Gasteiger partial charge on any atom is 0.191 e. The monoisotopic (exact) mass is 546 g/mol. The Hall–Kier alpha value is -1.92. The van der Waals surface area contributed by atoms with Crippen molar-refractivity contribution in [2.45, 2.75) is 33.4 Å². The highest BCUT2D eigenvalue weighted by atomic mass is 127. The average Bonchev–Trinajstić information content (AvgIpc) is 3.06. The summed E-state index contributed by atoms with van der Waals surface area (Å²) in [6, 6.07) is 6.15. The second-order valence-electron chi connectivity index (χ2n) is 6.97. The Morgan fingerprint density at radius 3 is 2.52 bits per heavy atom. The molecule has 31 heavy (non-hydrogen) atoms. The topological polar surface area (TPSA) is 94.8 Å². The number of halogens is 1. The number of aryl methyl sites for hydroxylation is 2. The largest absolute Gasteiger partial charge is 0.491 e. The number of methoxy groups -OCH3 is 2. The SMILES string of the molecule is COCCCNC(=NCc1ccc(C)cc1OCCOC)NCc1nnc(C)n1C.I. The van der Waals surface area contributed by atoms with E-state index in [1.165, 1.54) is 0 Å². The van der Waals surface area contributed by atoms with Crippen LogP contribution in [0.2, 0.25) is 0 Å². The van der Waals surface area contributed by atoms with Gasteiger partial charge in [-0.2, -0.15) is 0 Å². The zero-order valence-corrected chi connectivity index (χ0v) is 21.4. The lowest BCUT2D eigenvalue weighted by Gasteiger charge is -2.14. The molecule has 10 heteroatoms. The molecule has 0 saturated heterocycles. The second-order valence-corrected chi connectivity index (χ2v) is 6.97. The molecule has 1 aromatic heterocycles. The Labute approximate surface area is 202 Å². The lowest BCUT2D eigenvalue weighted by Crippen LogP contribution is -2.38. The zero-order chi connectivity index (χ0) is 21.8. The van der Waals surface area contributed by atoms with Crippen LogP contribution in [0.1, 0.15) is 29.2 Å². The van der Waals surface area contributed by atoms with Crippen LogP contribution in [0.15, 0.2) is 23.2 Å². The van der Waals surface area contributed by atoms with Crippen LogP contribution in [0.4, 0.5) is 0 Å². The summed E-state index contributed by atoms with van der Waals surface area (Å²) >= 11 is 0. The van der Waals surface area contributed by atoms with Crippen LogP contribution in [-0.2, 0) is 29.6 Å². The molecule has 0 bridgehead atoms. The van der Waals surface area contributed by atoms with Gasteiger partial charge in [-0.25, -0.2) is 4.99 Å². The van der Waals surface area contributed by atoms with Gasteiger partial charge in [-0.05, 0) is 31.9 Å². The van der Waals surface area contributed by atoms with E-state index in [9.17, 15) is 0 Å². The summed E-state index contributed by atoms with van der Waals surface area (Å²) in [4.78, 5) is 4.75. The molecule has 0 aliphatic heterocycles. The van der Waals surface area contributed by atoms with Gasteiger partial charge < -0.3 is 29.4 Å². The van der Waals surface area contributed by atoms with Crippen LogP contribution in [-0.4, -0.2) is 61.3 Å². The Morgan fingerprint density at radius 2 is 1.84 bits per heavy atom. The standard InChI is InChI=1S/C21H34N6O3.HI/c1-16-7-8-18(19(13-16)30-12-11-29-5)14-23-21(22-9-6-10-28-4)24-15-20-26-25-17(2)27(20)3;/h7-8,13H,6,9-12,14-15H2,1-5H3,(H2,22,23,24);1H. The van der Waals surface area contributed by atoms with Crippen molar-refractivity contribution in [3.05, 3.63) is 41.0 Å². The number of nitrogens with zero attached hydrogens (tertiary/aromatic N) is 4. The molecule has 0 unspecified atom stereocenters. The van der Waals surface area contributed by atoms with Crippen LogP contribution in [0, 0.1) is 13.8 Å². The number of hydrogen-bond acceptors (Lipinski definition) is 6. The number of rotatable bonds is 12. The fourth-order valence-corrected chi connectivity index (χ4v) is 2.69. The fraction of sp³-hybridized carbons (Fsp3) is 0.571. The minimum Gasteiger partial charge on any atom is -0.491 e. The first-order valence-corrected chi connectivity index (χ1v) is 10.1. The molecule has 0 spiro atoms. The first-order chi connectivity index (χ1) is 14.5. The van der Waals surface area contributed by atoms with Gasteiger partial charge in [0.25, 0.3) is 0 Å². The molecule has 0 aliphatic rings. The van der Waals surface area contributed by atoms with Crippen LogP contribution in [0.3, 0.4) is 0 Å². The van der Waals surface area contributed by atoms with Gasteiger partial charge in [-0.3, -0.25) is 0 Å². The smallest absolute Gasteiger partial charge is 0.191 e. The van der Waals surface area contributed by atoms with Gasteiger partial charge in [0.15, 0.2) is 11.8 Å². The molecule has 1 heterocycles. The summed E-state index contributed by atoms with van der Waals surface area (Å²) in [7, 11) is 5.31. The van der Waals surface area contributed by atoms with E-state index in [0.717, 1.165) is 41.5 Å². The van der Waals surface area contributed by atoms with Crippen molar-refractivity contribution in [3.63, 3.8) is 0 Å². The highest BCUT2D eigenvalue weighted by molar-refractivity contribution is 14.0. The predicted molar refractivity (Wildman–Crippen MR) is 132 cm³/mol. The minimum absolute atomic E-state index is 0. The maximum absolute atomic E-state index is 5.88. The highest BCUT2D eigenvalue weighted by Crippen LogP contribution is 2.21. The van der Waals surface area contributed by atoms with Gasteiger partial charge in [-0.1, -0.05) is 12.1 Å². The van der Waals surface area contributed by atoms with Gasteiger partial charge in [0.1, 0.15) is 18.2 Å². The summed E-state index contributed by atoms with van der Waals surface area (Å²) in [6.45, 7) is 7.48. The molecule has 174 valence electrons. The van der Waals surface area contributed by atoms with Crippen LogP contribution in [0.5, 0.6) is 5.75 Å². The Bertz CT molecular complexity index is 812. The van der Waals surface area contributed by atoms with E-state index in [-0.39, 0.29) is 24.0 Å². The first-order valence-electron chi connectivity index (χ1n) is 10.1. The van der Waals surface area contributed by atoms with Gasteiger partial charge >= 0.3 is 0 Å². The predicted octanol–water partition coefficient (Wildman–Crippen LogP) is 2.35. The van der Waals surface area contributed by atoms with Gasteiger partial charge in [0.05, 0.1) is 19.7 Å². The summed E-state index contributed by atoms with van der Waals surface area (Å²) in [5.74, 6) is 3.25. The average molecular weight is 546 g/mol. The zero-order valence-electron chi connectivity index (χ0n) is 19.1. The number of nitrogens with one attached hydrogen (secondary N) is 2. The Balaban J connectivity index is 0.00000480. The molecule has 0 saturated carbocycles. The lowest BCUT2D eigenvalue weighted by atomic mass is 10.1. The number of aromatic nitrogens is 3. The van der Waals surface area contributed by atoms with Crippen molar-refractivity contribution in [1.29, 1.82) is 0 Å². The van der Waals surface area contributed by atoms with Crippen LogP contribution in [0.25, 0.3) is 0 Å². The van der Waals surface area contributed by atoms with Gasteiger partial charge in [0, 0.05) is 40.0 Å². The van der Waals surface area contributed by atoms with E-state index >= 15 is 0 Å². The van der Waals surface area contributed by atoms with E-state index in [1.807, 2.05) is 31.5 Å². The quantitative estimate of drug-likeness (QED) is 0.183. The van der Waals surface area contributed by atoms with E-state index in [2.05, 4.69) is 33.0 Å². The van der Waals surface area contributed by atoms with E-state index in [4.69, 9.17) is 19.2 Å². The number of ether oxygens (including phenoxy) is 3. The molecule has 2 rings (SSSR count). The molecule has 1 aromatic carbocycles. The highest BCUT2D eigenvalue weighted by Gasteiger charge is 2.08. The Morgan fingerprint density at radius 1 is 1.06 bits per heavy atom. The number of hydrogen-bond donors (Lipinski definition) is 2. The molecular formula is C21H35IN6O3. The van der Waals surface area contributed by atoms with Gasteiger partial charge in [0.2, 0.25) is 0 Å².